The number of aliphatic hydroxyl groups excluding tert-OH is 2. The van der Waals surface area contributed by atoms with Crippen LogP contribution in [0, 0.1) is 29.1 Å². The van der Waals surface area contributed by atoms with E-state index in [2.05, 4.69) is 6.92 Å². The number of ether oxygens (including phenoxy) is 4. The first kappa shape index (κ1) is 27.1. The van der Waals surface area contributed by atoms with Gasteiger partial charge in [-0.05, 0) is 94.0 Å². The number of aliphatic hydroxyl groups is 4. The van der Waals surface area contributed by atoms with E-state index in [1.165, 1.54) is 7.11 Å². The van der Waals surface area contributed by atoms with Gasteiger partial charge in [-0.1, -0.05) is 6.92 Å². The third-order valence-electron chi connectivity index (χ3n) is 11.7. The minimum absolute atomic E-state index is 0.0249. The Morgan fingerprint density at radius 2 is 1.79 bits per heavy atom. The number of fused-ring (bicyclic) bond motifs is 5. The summed E-state index contributed by atoms with van der Waals surface area (Å²) in [6.45, 7) is 4.26. The zero-order chi connectivity index (χ0) is 27.0. The molecule has 214 valence electrons. The number of hydrogen-bond acceptors (Lipinski definition) is 9. The molecule has 0 aromatic heterocycles. The summed E-state index contributed by atoms with van der Waals surface area (Å²) in [4.78, 5) is 11.8. The van der Waals surface area contributed by atoms with Crippen LogP contribution in [0.4, 0.5) is 0 Å². The van der Waals surface area contributed by atoms with Gasteiger partial charge in [-0.2, -0.15) is 0 Å². The van der Waals surface area contributed by atoms with Crippen LogP contribution in [0.1, 0.15) is 71.6 Å². The van der Waals surface area contributed by atoms with Gasteiger partial charge in [-0.25, -0.2) is 4.79 Å². The van der Waals surface area contributed by atoms with Crippen LogP contribution in [0.5, 0.6) is 0 Å². The van der Waals surface area contributed by atoms with Gasteiger partial charge >= 0.3 is 5.97 Å². The smallest absolute Gasteiger partial charge is 0.331 e. The van der Waals surface area contributed by atoms with Crippen LogP contribution in [-0.2, 0) is 23.7 Å². The Bertz CT molecular complexity index is 970. The van der Waals surface area contributed by atoms with Gasteiger partial charge in [0.05, 0.1) is 23.4 Å². The molecular weight excluding hydrogens is 492 g/mol. The molecule has 2 aliphatic heterocycles. The highest BCUT2D eigenvalue weighted by molar-refractivity contribution is 5.85. The van der Waals surface area contributed by atoms with Crippen LogP contribution >= 0.6 is 0 Å². The summed E-state index contributed by atoms with van der Waals surface area (Å²) >= 11 is 0. The highest BCUT2D eigenvalue weighted by atomic mass is 16.7. The maximum Gasteiger partial charge on any atom is 0.331 e. The van der Waals surface area contributed by atoms with Crippen molar-refractivity contribution in [3.05, 3.63) is 11.6 Å². The van der Waals surface area contributed by atoms with Gasteiger partial charge in [0.1, 0.15) is 24.9 Å². The molecule has 0 spiro atoms. The van der Waals surface area contributed by atoms with Crippen molar-refractivity contribution in [3.63, 3.8) is 0 Å². The van der Waals surface area contributed by atoms with Gasteiger partial charge < -0.3 is 39.4 Å². The zero-order valence-electron chi connectivity index (χ0n) is 22.8. The Morgan fingerprint density at radius 3 is 2.50 bits per heavy atom. The molecule has 4 aliphatic carbocycles. The van der Waals surface area contributed by atoms with Gasteiger partial charge in [0.15, 0.2) is 6.29 Å². The van der Waals surface area contributed by atoms with E-state index in [9.17, 15) is 25.2 Å². The second-order valence-electron chi connectivity index (χ2n) is 13.2. The molecule has 38 heavy (non-hydrogen) atoms. The highest BCUT2D eigenvalue weighted by Gasteiger charge is 2.68. The van der Waals surface area contributed by atoms with E-state index in [0.29, 0.717) is 32.3 Å². The molecule has 4 saturated carbocycles. The largest absolute Gasteiger partial charge is 0.458 e. The second kappa shape index (κ2) is 9.50. The number of cyclic esters (lactones) is 1. The van der Waals surface area contributed by atoms with Crippen molar-refractivity contribution in [2.45, 2.75) is 120 Å². The molecule has 6 aliphatic rings. The molecule has 0 radical (unpaired) electrons. The minimum Gasteiger partial charge on any atom is -0.458 e. The highest BCUT2D eigenvalue weighted by Crippen LogP contribution is 2.68. The molecule has 6 rings (SSSR count). The molecule has 2 heterocycles. The predicted octanol–water partition coefficient (Wildman–Crippen LogP) is 1.83. The monoisotopic (exact) mass is 536 g/mol. The van der Waals surface area contributed by atoms with E-state index < -0.39 is 41.9 Å². The number of methoxy groups -OCH3 is 1. The number of carbonyl (C=O) groups excluding carboxylic acids is 1. The first-order chi connectivity index (χ1) is 18.0. The maximum atomic E-state index is 12.3. The normalized spacial score (nSPS) is 54.5. The number of esters is 1. The number of rotatable bonds is 4. The van der Waals surface area contributed by atoms with E-state index in [1.807, 2.05) is 0 Å². The Balaban J connectivity index is 1.16. The Kier molecular flexibility index (Phi) is 6.78. The molecular formula is C29H44O9. The van der Waals surface area contributed by atoms with Crippen LogP contribution in [0.3, 0.4) is 0 Å². The number of hydrogen-bond donors (Lipinski definition) is 4. The van der Waals surface area contributed by atoms with E-state index in [-0.39, 0.29) is 41.2 Å². The van der Waals surface area contributed by atoms with Crippen LogP contribution in [0.25, 0.3) is 0 Å². The lowest BCUT2D eigenvalue weighted by Gasteiger charge is -2.62. The molecule has 9 heteroatoms. The average Bonchev–Trinajstić information content (AvgIpc) is 3.43. The molecule has 9 nitrogen and oxygen atoms in total. The van der Waals surface area contributed by atoms with Crippen LogP contribution in [-0.4, -0.2) is 88.1 Å². The van der Waals surface area contributed by atoms with E-state index in [4.69, 9.17) is 18.9 Å². The van der Waals surface area contributed by atoms with Gasteiger partial charge in [0.2, 0.25) is 0 Å². The molecule has 1 saturated heterocycles. The summed E-state index contributed by atoms with van der Waals surface area (Å²) in [5.41, 5.74) is -1.03. The lowest BCUT2D eigenvalue weighted by atomic mass is 9.46. The molecule has 0 unspecified atom stereocenters. The van der Waals surface area contributed by atoms with Gasteiger partial charge in [0, 0.05) is 18.6 Å². The Morgan fingerprint density at radius 1 is 1.00 bits per heavy atom. The maximum absolute atomic E-state index is 12.3. The van der Waals surface area contributed by atoms with Crippen LogP contribution in [0.15, 0.2) is 11.6 Å². The summed E-state index contributed by atoms with van der Waals surface area (Å²) in [6.07, 6.45) is 4.00. The summed E-state index contributed by atoms with van der Waals surface area (Å²) < 4.78 is 22.6. The fraction of sp³-hybridized carbons (Fsp3) is 0.897. The molecule has 0 bridgehead atoms. The quantitative estimate of drug-likeness (QED) is 0.314. The second-order valence-corrected chi connectivity index (χ2v) is 13.2. The SMILES string of the molecule is CO[C@H]1[C@H](O)[C@H](O[C@H]2CC[C@@]3(O)[C@H](CC[C@@H]4[C@@H]3CC[C@]3(C)[C@@H](C5=CC(=O)OC5)CC[C@]43O)C2)O[C@@H](C)[C@@H]1O. The summed E-state index contributed by atoms with van der Waals surface area (Å²) in [7, 11) is 1.46. The van der Waals surface area contributed by atoms with E-state index in [1.54, 1.807) is 13.0 Å². The van der Waals surface area contributed by atoms with Gasteiger partial charge in [-0.15, -0.1) is 0 Å². The van der Waals surface area contributed by atoms with Crippen molar-refractivity contribution in [2.75, 3.05) is 13.7 Å². The van der Waals surface area contributed by atoms with Crippen molar-refractivity contribution in [3.8, 4) is 0 Å². The summed E-state index contributed by atoms with van der Waals surface area (Å²) in [5.74, 6) is -0.0414. The summed E-state index contributed by atoms with van der Waals surface area (Å²) in [6, 6.07) is 0. The third-order valence-corrected chi connectivity index (χ3v) is 11.7. The Hall–Kier alpha value is -1.07. The fourth-order valence-corrected chi connectivity index (χ4v) is 9.66. The van der Waals surface area contributed by atoms with Crippen molar-refractivity contribution in [1.29, 1.82) is 0 Å². The third kappa shape index (κ3) is 3.87. The van der Waals surface area contributed by atoms with Crippen molar-refractivity contribution in [2.24, 2.45) is 29.1 Å². The van der Waals surface area contributed by atoms with Crippen LogP contribution in [0.2, 0.25) is 0 Å². The van der Waals surface area contributed by atoms with Crippen molar-refractivity contribution in [1.82, 2.24) is 0 Å². The predicted molar refractivity (Wildman–Crippen MR) is 135 cm³/mol. The molecule has 0 aromatic rings. The van der Waals surface area contributed by atoms with Gasteiger partial charge in [0.25, 0.3) is 0 Å². The standard InChI is InChI=1S/C29H44O9/c1-15-23(31)25(35-3)24(32)26(37-15)38-18-6-10-28(33)17(13-18)4-5-21-20(28)7-9-27(2)19(8-11-29(21,27)34)16-12-22(30)36-14-16/h12,15,17-21,23-26,31-34H,4-11,13-14H2,1-3H3/t15-,17+,18-,19+,20-,21+,23-,24-,25+,26-,27+,28+,29-/m0/s1. The van der Waals surface area contributed by atoms with E-state index >= 15 is 0 Å². The Labute approximate surface area is 224 Å². The minimum atomic E-state index is -1.10. The summed E-state index contributed by atoms with van der Waals surface area (Å²) in [5, 5.41) is 45.4. The first-order valence-electron chi connectivity index (χ1n) is 14.5. The topological polar surface area (TPSA) is 135 Å². The molecule has 4 N–H and O–H groups in total. The number of carbonyl (C=O) groups is 1. The average molecular weight is 537 g/mol. The molecule has 0 aromatic carbocycles. The van der Waals surface area contributed by atoms with Gasteiger partial charge in [-0.3, -0.25) is 0 Å². The lowest BCUT2D eigenvalue weighted by Crippen LogP contribution is -2.65. The molecule has 5 fully saturated rings. The van der Waals surface area contributed by atoms with Crippen LogP contribution < -0.4 is 0 Å². The lowest BCUT2D eigenvalue weighted by molar-refractivity contribution is -0.315. The zero-order valence-corrected chi connectivity index (χ0v) is 22.8. The van der Waals surface area contributed by atoms with Crippen molar-refractivity contribution >= 4 is 5.97 Å². The van der Waals surface area contributed by atoms with E-state index in [0.717, 1.165) is 37.7 Å². The first-order valence-corrected chi connectivity index (χ1v) is 14.5. The molecule has 13 atom stereocenters. The molecule has 0 amide bonds. The van der Waals surface area contributed by atoms with Crippen molar-refractivity contribution < 1.29 is 44.2 Å². The fourth-order valence-electron chi connectivity index (χ4n) is 9.66.